The lowest BCUT2D eigenvalue weighted by Gasteiger charge is -2.40. The molecule has 0 bridgehead atoms. The van der Waals surface area contributed by atoms with Gasteiger partial charge in [-0.3, -0.25) is 9.69 Å². The van der Waals surface area contributed by atoms with Gasteiger partial charge in [0, 0.05) is 26.2 Å². The van der Waals surface area contributed by atoms with Crippen LogP contribution >= 0.6 is 0 Å². The highest BCUT2D eigenvalue weighted by Gasteiger charge is 2.30. The number of amides is 1. The number of piperazine rings is 1. The van der Waals surface area contributed by atoms with Crippen LogP contribution in [-0.4, -0.2) is 41.9 Å². The lowest BCUT2D eigenvalue weighted by molar-refractivity contribution is 0.0588. The van der Waals surface area contributed by atoms with Crippen LogP contribution in [0.1, 0.15) is 33.1 Å². The van der Waals surface area contributed by atoms with Crippen molar-refractivity contribution in [3.63, 3.8) is 0 Å². The van der Waals surface area contributed by atoms with Gasteiger partial charge in [0.2, 0.25) is 0 Å². The molecule has 3 aromatic carbocycles. The molecule has 1 aliphatic heterocycles. The van der Waals surface area contributed by atoms with Crippen LogP contribution < -0.4 is 0 Å². The first-order valence-electron chi connectivity index (χ1n) is 10.1. The van der Waals surface area contributed by atoms with Crippen molar-refractivity contribution in [1.29, 1.82) is 0 Å². The summed E-state index contributed by atoms with van der Waals surface area (Å²) in [5.74, 6) is -2.22. The van der Waals surface area contributed by atoms with Crippen LogP contribution in [0.5, 0.6) is 0 Å². The lowest BCUT2D eigenvalue weighted by Crippen LogP contribution is -2.50. The Bertz CT molecular complexity index is 993. The first kappa shape index (κ1) is 20.2. The Hall–Kier alpha value is -3.05. The van der Waals surface area contributed by atoms with Crippen LogP contribution in [0, 0.1) is 18.6 Å². The smallest absolute Gasteiger partial charge is 0.259 e. The predicted octanol–water partition coefficient (Wildman–Crippen LogP) is 4.82. The minimum Gasteiger partial charge on any atom is -0.336 e. The normalized spacial score (nSPS) is 15.8. The van der Waals surface area contributed by atoms with E-state index < -0.39 is 23.1 Å². The Morgan fingerprint density at radius 3 is 1.93 bits per heavy atom. The van der Waals surface area contributed by atoms with Gasteiger partial charge in [-0.25, -0.2) is 8.78 Å². The third-order valence-electron chi connectivity index (χ3n) is 5.65. The molecule has 0 radical (unpaired) electrons. The van der Waals surface area contributed by atoms with E-state index in [1.54, 1.807) is 0 Å². The molecule has 154 valence electrons. The molecule has 0 aromatic heterocycles. The van der Waals surface area contributed by atoms with Crippen LogP contribution in [0.25, 0.3) is 0 Å². The largest absolute Gasteiger partial charge is 0.336 e. The van der Waals surface area contributed by atoms with Gasteiger partial charge in [0.15, 0.2) is 0 Å². The van der Waals surface area contributed by atoms with E-state index >= 15 is 0 Å². The fraction of sp³-hybridized carbons (Fsp3) is 0.240. The minimum absolute atomic E-state index is 0.0641. The number of carbonyl (C=O) groups excluding carboxylic acids is 1. The van der Waals surface area contributed by atoms with Crippen molar-refractivity contribution in [3.8, 4) is 0 Å². The molecule has 0 spiro atoms. The van der Waals surface area contributed by atoms with Gasteiger partial charge >= 0.3 is 0 Å². The van der Waals surface area contributed by atoms with E-state index in [-0.39, 0.29) is 6.04 Å². The molecular weight excluding hydrogens is 382 g/mol. The first-order chi connectivity index (χ1) is 14.5. The summed E-state index contributed by atoms with van der Waals surface area (Å²) >= 11 is 0. The average Bonchev–Trinajstić information content (AvgIpc) is 2.76. The van der Waals surface area contributed by atoms with E-state index in [4.69, 9.17) is 0 Å². The maximum Gasteiger partial charge on any atom is 0.259 e. The number of benzene rings is 3. The van der Waals surface area contributed by atoms with Gasteiger partial charge in [0.1, 0.15) is 17.2 Å². The summed E-state index contributed by atoms with van der Waals surface area (Å²) in [5, 5.41) is 0. The van der Waals surface area contributed by atoms with Gasteiger partial charge in [-0.15, -0.1) is 0 Å². The van der Waals surface area contributed by atoms with Crippen molar-refractivity contribution in [2.45, 2.75) is 13.0 Å². The molecule has 0 saturated carbocycles. The van der Waals surface area contributed by atoms with Gasteiger partial charge < -0.3 is 4.90 Å². The Morgan fingerprint density at radius 2 is 1.33 bits per heavy atom. The van der Waals surface area contributed by atoms with Crippen LogP contribution in [0.3, 0.4) is 0 Å². The Labute approximate surface area is 175 Å². The van der Waals surface area contributed by atoms with E-state index in [0.717, 1.165) is 12.1 Å². The second kappa shape index (κ2) is 8.76. The van der Waals surface area contributed by atoms with Gasteiger partial charge in [-0.05, 0) is 30.2 Å². The van der Waals surface area contributed by atoms with Gasteiger partial charge in [-0.1, -0.05) is 66.2 Å². The molecule has 1 atom stereocenters. The molecule has 4 rings (SSSR count). The molecule has 5 heteroatoms. The van der Waals surface area contributed by atoms with Crippen molar-refractivity contribution in [2.24, 2.45) is 0 Å². The molecule has 1 saturated heterocycles. The third kappa shape index (κ3) is 4.12. The SMILES string of the molecule is Cc1ccc(C(c2ccccc2)N2CCN(C(=O)c3c(F)cccc3F)CC2)cc1. The summed E-state index contributed by atoms with van der Waals surface area (Å²) in [6, 6.07) is 22.3. The standard InChI is InChI=1S/C25H24F2N2O/c1-18-10-12-20(13-11-18)24(19-6-3-2-4-7-19)28-14-16-29(17-15-28)25(30)23-21(26)8-5-9-22(23)27/h2-13,24H,14-17H2,1H3. The predicted molar refractivity (Wildman–Crippen MR) is 113 cm³/mol. The number of rotatable bonds is 4. The zero-order valence-electron chi connectivity index (χ0n) is 16.9. The van der Waals surface area contributed by atoms with Crippen molar-refractivity contribution in [3.05, 3.63) is 107 Å². The quantitative estimate of drug-likeness (QED) is 0.620. The molecule has 1 fully saturated rings. The van der Waals surface area contributed by atoms with E-state index in [9.17, 15) is 13.6 Å². The molecular formula is C25H24F2N2O. The van der Waals surface area contributed by atoms with Gasteiger partial charge in [0.05, 0.1) is 6.04 Å². The number of aryl methyl sites for hydroxylation is 1. The number of hydrogen-bond acceptors (Lipinski definition) is 2. The van der Waals surface area contributed by atoms with Crippen LogP contribution in [0.15, 0.2) is 72.8 Å². The third-order valence-corrected chi connectivity index (χ3v) is 5.65. The second-order valence-corrected chi connectivity index (χ2v) is 7.65. The fourth-order valence-electron chi connectivity index (χ4n) is 4.04. The summed E-state index contributed by atoms with van der Waals surface area (Å²) in [7, 11) is 0. The summed E-state index contributed by atoms with van der Waals surface area (Å²) in [5.41, 5.74) is 3.10. The van der Waals surface area contributed by atoms with Crippen molar-refractivity contribution < 1.29 is 13.6 Å². The van der Waals surface area contributed by atoms with E-state index in [1.165, 1.54) is 27.7 Å². The van der Waals surface area contributed by atoms with Crippen molar-refractivity contribution in [1.82, 2.24) is 9.80 Å². The van der Waals surface area contributed by atoms with Crippen LogP contribution in [0.2, 0.25) is 0 Å². The van der Waals surface area contributed by atoms with Crippen molar-refractivity contribution in [2.75, 3.05) is 26.2 Å². The molecule has 0 N–H and O–H groups in total. The van der Waals surface area contributed by atoms with E-state index in [0.29, 0.717) is 26.2 Å². The maximum absolute atomic E-state index is 14.0. The van der Waals surface area contributed by atoms with Crippen molar-refractivity contribution >= 4 is 5.91 Å². The topological polar surface area (TPSA) is 23.6 Å². The molecule has 3 nitrogen and oxygen atoms in total. The molecule has 30 heavy (non-hydrogen) atoms. The lowest BCUT2D eigenvalue weighted by atomic mass is 9.95. The second-order valence-electron chi connectivity index (χ2n) is 7.65. The first-order valence-corrected chi connectivity index (χ1v) is 10.1. The van der Waals surface area contributed by atoms with Gasteiger partial charge in [-0.2, -0.15) is 0 Å². The van der Waals surface area contributed by atoms with Gasteiger partial charge in [0.25, 0.3) is 5.91 Å². The summed E-state index contributed by atoms with van der Waals surface area (Å²) in [4.78, 5) is 16.6. The minimum atomic E-state index is -0.816. The molecule has 1 heterocycles. The molecule has 0 aliphatic carbocycles. The zero-order valence-corrected chi connectivity index (χ0v) is 16.9. The summed E-state index contributed by atoms with van der Waals surface area (Å²) in [6.07, 6.45) is 0. The van der Waals surface area contributed by atoms with E-state index in [2.05, 4.69) is 48.2 Å². The Kier molecular flexibility index (Phi) is 5.91. The summed E-state index contributed by atoms with van der Waals surface area (Å²) in [6.45, 7) is 4.14. The number of nitrogens with zero attached hydrogens (tertiary/aromatic N) is 2. The molecule has 3 aromatic rings. The van der Waals surface area contributed by atoms with E-state index in [1.807, 2.05) is 18.2 Å². The van der Waals surface area contributed by atoms with Crippen LogP contribution in [-0.2, 0) is 0 Å². The van der Waals surface area contributed by atoms with Crippen LogP contribution in [0.4, 0.5) is 8.78 Å². The molecule has 1 aliphatic rings. The maximum atomic E-state index is 14.0. The Balaban J connectivity index is 1.54. The summed E-state index contributed by atoms with van der Waals surface area (Å²) < 4.78 is 28.1. The highest BCUT2D eigenvalue weighted by atomic mass is 19.1. The highest BCUT2D eigenvalue weighted by molar-refractivity contribution is 5.94. The molecule has 1 unspecified atom stereocenters. The molecule has 1 amide bonds. The highest BCUT2D eigenvalue weighted by Crippen LogP contribution is 2.30. The number of carbonyl (C=O) groups is 1. The number of halogens is 2. The average molecular weight is 406 g/mol. The Morgan fingerprint density at radius 1 is 0.767 bits per heavy atom. The zero-order chi connectivity index (χ0) is 21.1. The monoisotopic (exact) mass is 406 g/mol. The fourth-order valence-corrected chi connectivity index (χ4v) is 4.04. The number of hydrogen-bond donors (Lipinski definition) is 0.